The maximum atomic E-state index is 13.6. The molecule has 2 amide bonds. The third-order valence-electron chi connectivity index (χ3n) is 7.32. The lowest BCUT2D eigenvalue weighted by Gasteiger charge is -2.36. The number of nitrogens with zero attached hydrogens (tertiary/aromatic N) is 4. The summed E-state index contributed by atoms with van der Waals surface area (Å²) in [6.07, 6.45) is 4.97. The zero-order valence-electron chi connectivity index (χ0n) is 20.4. The lowest BCUT2D eigenvalue weighted by Crippen LogP contribution is -2.41. The first kappa shape index (κ1) is 24.9. The van der Waals surface area contributed by atoms with Gasteiger partial charge in [0.2, 0.25) is 5.91 Å². The van der Waals surface area contributed by atoms with Crippen LogP contribution in [-0.4, -0.2) is 52.3 Å². The Hall–Kier alpha value is -2.78. The number of pyridine rings is 1. The van der Waals surface area contributed by atoms with E-state index in [4.69, 9.17) is 11.6 Å². The van der Waals surface area contributed by atoms with Crippen LogP contribution in [-0.2, 0) is 4.79 Å². The van der Waals surface area contributed by atoms with Crippen molar-refractivity contribution in [1.29, 1.82) is 0 Å². The topological polar surface area (TPSA) is 78.4 Å². The Morgan fingerprint density at radius 2 is 1.86 bits per heavy atom. The number of halogens is 2. The van der Waals surface area contributed by atoms with Gasteiger partial charge in [-0.25, -0.2) is 9.37 Å². The Morgan fingerprint density at radius 1 is 1.14 bits per heavy atom. The summed E-state index contributed by atoms with van der Waals surface area (Å²) in [6, 6.07) is 3.94. The Kier molecular flexibility index (Phi) is 7.12. The predicted octanol–water partition coefficient (Wildman–Crippen LogP) is 5.52. The molecule has 0 radical (unpaired) electrons. The first-order valence-corrected chi connectivity index (χ1v) is 13.5. The zero-order valence-corrected chi connectivity index (χ0v) is 22.0. The summed E-state index contributed by atoms with van der Waals surface area (Å²) < 4.78 is 17.9. The minimum absolute atomic E-state index is 0.0164. The molecule has 0 saturated carbocycles. The first-order chi connectivity index (χ1) is 17.3. The van der Waals surface area contributed by atoms with Crippen molar-refractivity contribution >= 4 is 56.5 Å². The molecule has 2 fully saturated rings. The van der Waals surface area contributed by atoms with Crippen LogP contribution in [0.3, 0.4) is 0 Å². The minimum Gasteiger partial charge on any atom is -0.370 e. The molecular weight excluding hydrogens is 501 g/mol. The van der Waals surface area contributed by atoms with Crippen LogP contribution in [0.4, 0.5) is 15.8 Å². The number of rotatable bonds is 4. The molecule has 1 N–H and O–H groups in total. The molecule has 5 rings (SSSR count). The van der Waals surface area contributed by atoms with Gasteiger partial charge < -0.3 is 15.1 Å². The van der Waals surface area contributed by atoms with Gasteiger partial charge in [-0.2, -0.15) is 4.37 Å². The SMILES string of the molecule is Cc1nsc2ncc(C(=O)N3CCC(C)CC3)c(N3CCC(C(=O)Nc4ccc(F)cc4Cl)CC3)c12. The summed E-state index contributed by atoms with van der Waals surface area (Å²) in [4.78, 5) is 36.1. The van der Waals surface area contributed by atoms with Crippen LogP contribution in [0, 0.1) is 24.6 Å². The van der Waals surface area contributed by atoms with E-state index in [0.29, 0.717) is 43.1 Å². The third-order valence-corrected chi connectivity index (χ3v) is 8.48. The molecule has 2 aliphatic rings. The molecule has 2 saturated heterocycles. The van der Waals surface area contributed by atoms with Gasteiger partial charge in [-0.05, 0) is 68.3 Å². The Morgan fingerprint density at radius 3 is 2.56 bits per heavy atom. The summed E-state index contributed by atoms with van der Waals surface area (Å²) in [5.74, 6) is -0.132. The Bertz CT molecular complexity index is 1300. The summed E-state index contributed by atoms with van der Waals surface area (Å²) in [7, 11) is 0. The van der Waals surface area contributed by atoms with Crippen LogP contribution in [0.15, 0.2) is 24.4 Å². The van der Waals surface area contributed by atoms with E-state index in [0.717, 1.165) is 47.5 Å². The molecule has 190 valence electrons. The highest BCUT2D eigenvalue weighted by molar-refractivity contribution is 7.13. The standard InChI is InChI=1S/C26H29ClFN5O2S/c1-15-5-9-33(10-6-15)26(35)19-14-29-25-22(16(2)31-36-25)23(19)32-11-7-17(8-12-32)24(34)30-21-4-3-18(28)13-20(21)27/h3-4,13-15,17H,5-12H2,1-2H3,(H,30,34). The molecular formula is C26H29ClFN5O2S. The predicted molar refractivity (Wildman–Crippen MR) is 141 cm³/mol. The van der Waals surface area contributed by atoms with E-state index in [1.54, 1.807) is 6.20 Å². The van der Waals surface area contributed by atoms with Gasteiger partial charge in [-0.3, -0.25) is 9.59 Å². The number of carbonyl (C=O) groups is 2. The van der Waals surface area contributed by atoms with Gasteiger partial charge in [-0.1, -0.05) is 18.5 Å². The number of fused-ring (bicyclic) bond motifs is 1. The van der Waals surface area contributed by atoms with Gasteiger partial charge in [0.1, 0.15) is 10.6 Å². The van der Waals surface area contributed by atoms with Crippen molar-refractivity contribution in [1.82, 2.24) is 14.3 Å². The molecule has 7 nitrogen and oxygen atoms in total. The minimum atomic E-state index is -0.447. The molecule has 1 aromatic carbocycles. The molecule has 0 aliphatic carbocycles. The number of benzene rings is 1. The lowest BCUT2D eigenvalue weighted by molar-refractivity contribution is -0.120. The van der Waals surface area contributed by atoms with E-state index in [1.165, 1.54) is 29.7 Å². The molecule has 0 atom stereocenters. The van der Waals surface area contributed by atoms with Crippen molar-refractivity contribution in [2.75, 3.05) is 36.4 Å². The summed E-state index contributed by atoms with van der Waals surface area (Å²) in [6.45, 7) is 6.94. The first-order valence-electron chi connectivity index (χ1n) is 12.4. The third kappa shape index (κ3) is 4.91. The largest absolute Gasteiger partial charge is 0.370 e. The fourth-order valence-electron chi connectivity index (χ4n) is 5.10. The molecule has 10 heteroatoms. The van der Waals surface area contributed by atoms with Crippen molar-refractivity contribution in [3.8, 4) is 0 Å². The van der Waals surface area contributed by atoms with Crippen molar-refractivity contribution in [3.63, 3.8) is 0 Å². The maximum absolute atomic E-state index is 13.6. The molecule has 36 heavy (non-hydrogen) atoms. The van der Waals surface area contributed by atoms with Crippen LogP contribution < -0.4 is 10.2 Å². The van der Waals surface area contributed by atoms with E-state index in [-0.39, 0.29) is 22.8 Å². The van der Waals surface area contributed by atoms with Crippen molar-refractivity contribution < 1.29 is 14.0 Å². The van der Waals surface area contributed by atoms with E-state index in [9.17, 15) is 14.0 Å². The smallest absolute Gasteiger partial charge is 0.257 e. The molecule has 4 heterocycles. The lowest BCUT2D eigenvalue weighted by atomic mass is 9.94. The normalized spacial score (nSPS) is 17.6. The Balaban J connectivity index is 1.36. The van der Waals surface area contributed by atoms with Crippen LogP contribution in [0.25, 0.3) is 10.2 Å². The molecule has 0 spiro atoms. The van der Waals surface area contributed by atoms with Gasteiger partial charge in [0, 0.05) is 38.3 Å². The summed E-state index contributed by atoms with van der Waals surface area (Å²) in [5.41, 5.74) is 2.77. The van der Waals surface area contributed by atoms with E-state index in [2.05, 4.69) is 26.5 Å². The number of hydrogen-bond acceptors (Lipinski definition) is 6. The zero-order chi connectivity index (χ0) is 25.4. The number of likely N-dealkylation sites (tertiary alicyclic amines) is 1. The van der Waals surface area contributed by atoms with Crippen LogP contribution in [0.5, 0.6) is 0 Å². The van der Waals surface area contributed by atoms with Crippen LogP contribution >= 0.6 is 23.1 Å². The van der Waals surface area contributed by atoms with Crippen molar-refractivity contribution in [2.45, 2.75) is 39.5 Å². The number of hydrogen-bond donors (Lipinski definition) is 1. The summed E-state index contributed by atoms with van der Waals surface area (Å²) >= 11 is 7.43. The number of piperidine rings is 2. The monoisotopic (exact) mass is 529 g/mol. The average Bonchev–Trinajstić information content (AvgIpc) is 3.26. The van der Waals surface area contributed by atoms with Crippen molar-refractivity contribution in [2.24, 2.45) is 11.8 Å². The quantitative estimate of drug-likeness (QED) is 0.481. The molecule has 0 bridgehead atoms. The molecule has 3 aromatic rings. The highest BCUT2D eigenvalue weighted by Gasteiger charge is 2.32. The van der Waals surface area contributed by atoms with Crippen molar-refractivity contribution in [3.05, 3.63) is 46.5 Å². The number of amides is 2. The molecule has 0 unspecified atom stereocenters. The highest BCUT2D eigenvalue weighted by atomic mass is 35.5. The number of nitrogens with one attached hydrogen (secondary N) is 1. The molecule has 2 aliphatic heterocycles. The second-order valence-corrected chi connectivity index (χ2v) is 11.0. The number of carbonyl (C=O) groups excluding carboxylic acids is 2. The second-order valence-electron chi connectivity index (χ2n) is 9.82. The van der Waals surface area contributed by atoms with Gasteiger partial charge in [0.05, 0.1) is 33.0 Å². The van der Waals surface area contributed by atoms with Gasteiger partial charge in [0.25, 0.3) is 5.91 Å². The van der Waals surface area contributed by atoms with E-state index in [1.807, 2.05) is 11.8 Å². The number of aryl methyl sites for hydroxylation is 1. The maximum Gasteiger partial charge on any atom is 0.257 e. The van der Waals surface area contributed by atoms with E-state index < -0.39 is 5.82 Å². The van der Waals surface area contributed by atoms with Crippen LogP contribution in [0.1, 0.15) is 48.7 Å². The average molecular weight is 530 g/mol. The van der Waals surface area contributed by atoms with Gasteiger partial charge in [-0.15, -0.1) is 0 Å². The number of anilines is 2. The molecule has 2 aromatic heterocycles. The van der Waals surface area contributed by atoms with Gasteiger partial charge >= 0.3 is 0 Å². The Labute approximate surface area is 218 Å². The number of aromatic nitrogens is 2. The van der Waals surface area contributed by atoms with E-state index >= 15 is 0 Å². The van der Waals surface area contributed by atoms with Crippen LogP contribution in [0.2, 0.25) is 5.02 Å². The highest BCUT2D eigenvalue weighted by Crippen LogP contribution is 2.37. The second kappa shape index (κ2) is 10.3. The van der Waals surface area contributed by atoms with Gasteiger partial charge in [0.15, 0.2) is 0 Å². The summed E-state index contributed by atoms with van der Waals surface area (Å²) in [5, 5.41) is 3.94. The fourth-order valence-corrected chi connectivity index (χ4v) is 6.06. The fraction of sp³-hybridized carbons (Fsp3) is 0.462.